The number of aromatic nitrogens is 3. The monoisotopic (exact) mass is 418 g/mol. The Bertz CT molecular complexity index is 1000. The van der Waals surface area contributed by atoms with Gasteiger partial charge in [0, 0.05) is 11.6 Å². The highest BCUT2D eigenvalue weighted by molar-refractivity contribution is 7.71. The molecule has 2 aromatic carbocycles. The number of methoxy groups -OCH3 is 1. The largest absolute Gasteiger partial charge is 0.496 e. The number of nitrogens with zero attached hydrogens (tertiary/aromatic N) is 3. The lowest BCUT2D eigenvalue weighted by Crippen LogP contribution is -2.27. The fourth-order valence-electron chi connectivity index (χ4n) is 2.77. The van der Waals surface area contributed by atoms with Crippen molar-refractivity contribution in [1.29, 1.82) is 0 Å². The molecule has 8 heteroatoms. The van der Waals surface area contributed by atoms with Gasteiger partial charge in [0.1, 0.15) is 18.1 Å². The summed E-state index contributed by atoms with van der Waals surface area (Å²) in [6.07, 6.45) is 0. The SMILES string of the molecule is COc1ccc(Cl)cc1-c1nc(=S)n(CN(C)CCOc2cccc(C)c2)[nH]1. The van der Waals surface area contributed by atoms with Crippen LogP contribution in [0.1, 0.15) is 5.56 Å². The number of hydrogen-bond donors (Lipinski definition) is 1. The van der Waals surface area contributed by atoms with Crippen molar-refractivity contribution < 1.29 is 9.47 Å². The molecular formula is C20H23ClN4O2S. The average molecular weight is 419 g/mol. The Hall–Kier alpha value is -2.35. The fraction of sp³-hybridized carbons (Fsp3) is 0.300. The predicted molar refractivity (Wildman–Crippen MR) is 114 cm³/mol. The third-order valence-corrected chi connectivity index (χ3v) is 4.76. The molecule has 0 radical (unpaired) electrons. The average Bonchev–Trinajstić information content (AvgIpc) is 3.02. The van der Waals surface area contributed by atoms with Crippen LogP contribution in [0.25, 0.3) is 11.4 Å². The number of likely N-dealkylation sites (N-methyl/N-ethyl adjacent to an activating group) is 1. The normalized spacial score (nSPS) is 11.0. The molecule has 1 N–H and O–H groups in total. The number of nitrogens with one attached hydrogen (secondary N) is 1. The van der Waals surface area contributed by atoms with E-state index in [1.807, 2.05) is 44.3 Å². The van der Waals surface area contributed by atoms with Crippen molar-refractivity contribution in [2.75, 3.05) is 27.3 Å². The molecule has 0 amide bonds. The maximum atomic E-state index is 6.12. The van der Waals surface area contributed by atoms with Gasteiger partial charge in [-0.3, -0.25) is 10.00 Å². The molecule has 6 nitrogen and oxygen atoms in total. The molecule has 0 unspecified atom stereocenters. The van der Waals surface area contributed by atoms with Gasteiger partial charge in [0.05, 0.1) is 19.3 Å². The topological polar surface area (TPSA) is 55.3 Å². The van der Waals surface area contributed by atoms with Gasteiger partial charge in [-0.2, -0.15) is 4.98 Å². The summed E-state index contributed by atoms with van der Waals surface area (Å²) < 4.78 is 13.5. The van der Waals surface area contributed by atoms with E-state index in [9.17, 15) is 0 Å². The van der Waals surface area contributed by atoms with Crippen LogP contribution in [0.15, 0.2) is 42.5 Å². The van der Waals surface area contributed by atoms with E-state index < -0.39 is 0 Å². The fourth-order valence-corrected chi connectivity index (χ4v) is 3.14. The lowest BCUT2D eigenvalue weighted by Gasteiger charge is -2.17. The van der Waals surface area contributed by atoms with E-state index >= 15 is 0 Å². The Morgan fingerprint density at radius 2 is 2.07 bits per heavy atom. The first-order valence-electron chi connectivity index (χ1n) is 8.85. The van der Waals surface area contributed by atoms with Crippen LogP contribution < -0.4 is 9.47 Å². The number of aromatic amines is 1. The standard InChI is InChI=1S/C20H23ClN4O2S/c1-14-5-4-6-16(11-14)27-10-9-24(2)13-25-20(28)22-19(23-25)17-12-15(21)7-8-18(17)26-3/h4-8,11-12H,9-10,13H2,1-3H3,(H,22,23,28). The number of halogens is 1. The minimum Gasteiger partial charge on any atom is -0.496 e. The maximum Gasteiger partial charge on any atom is 0.217 e. The van der Waals surface area contributed by atoms with Gasteiger partial charge in [-0.25, -0.2) is 4.68 Å². The van der Waals surface area contributed by atoms with Crippen molar-refractivity contribution in [3.8, 4) is 22.9 Å². The summed E-state index contributed by atoms with van der Waals surface area (Å²) in [5.41, 5.74) is 1.95. The highest BCUT2D eigenvalue weighted by atomic mass is 35.5. The molecule has 3 rings (SSSR count). The molecule has 148 valence electrons. The molecule has 0 aliphatic rings. The molecule has 0 aliphatic heterocycles. The summed E-state index contributed by atoms with van der Waals surface area (Å²) in [7, 11) is 3.61. The van der Waals surface area contributed by atoms with Crippen molar-refractivity contribution in [3.05, 3.63) is 57.8 Å². The first-order valence-corrected chi connectivity index (χ1v) is 9.63. The lowest BCUT2D eigenvalue weighted by atomic mass is 10.2. The molecule has 0 aliphatic carbocycles. The van der Waals surface area contributed by atoms with E-state index in [-0.39, 0.29) is 0 Å². The molecule has 0 bridgehead atoms. The summed E-state index contributed by atoms with van der Waals surface area (Å²) in [5.74, 6) is 2.18. The second-order valence-electron chi connectivity index (χ2n) is 6.51. The van der Waals surface area contributed by atoms with Crippen molar-refractivity contribution in [1.82, 2.24) is 19.7 Å². The van der Waals surface area contributed by atoms with Crippen LogP contribution in [0, 0.1) is 11.7 Å². The molecule has 1 heterocycles. The van der Waals surface area contributed by atoms with E-state index in [0.29, 0.717) is 34.6 Å². The number of hydrogen-bond acceptors (Lipinski definition) is 5. The second kappa shape index (κ2) is 9.23. The van der Waals surface area contributed by atoms with Crippen LogP contribution >= 0.6 is 23.8 Å². The van der Waals surface area contributed by atoms with Crippen LogP contribution in [0.5, 0.6) is 11.5 Å². The van der Waals surface area contributed by atoms with Crippen molar-refractivity contribution in [3.63, 3.8) is 0 Å². The van der Waals surface area contributed by atoms with Crippen LogP contribution in [0.4, 0.5) is 0 Å². The Kier molecular flexibility index (Phi) is 6.72. The number of ether oxygens (including phenoxy) is 2. The molecule has 0 saturated heterocycles. The summed E-state index contributed by atoms with van der Waals surface area (Å²) in [4.78, 5) is 6.55. The number of H-pyrrole nitrogens is 1. The van der Waals surface area contributed by atoms with E-state index in [0.717, 1.165) is 17.9 Å². The number of benzene rings is 2. The maximum absolute atomic E-state index is 6.12. The van der Waals surface area contributed by atoms with Gasteiger partial charge in [-0.05, 0) is 62.1 Å². The Labute approximate surface area is 174 Å². The first-order chi connectivity index (χ1) is 13.5. The molecule has 0 saturated carbocycles. The van der Waals surface area contributed by atoms with Gasteiger partial charge in [0.25, 0.3) is 0 Å². The molecule has 0 spiro atoms. The highest BCUT2D eigenvalue weighted by Gasteiger charge is 2.12. The summed E-state index contributed by atoms with van der Waals surface area (Å²) in [5, 5.41) is 3.83. The number of aryl methyl sites for hydroxylation is 1. The molecule has 0 fully saturated rings. The van der Waals surface area contributed by atoms with Gasteiger partial charge < -0.3 is 9.47 Å². The van der Waals surface area contributed by atoms with Gasteiger partial charge in [-0.15, -0.1) is 0 Å². The van der Waals surface area contributed by atoms with Crippen LogP contribution in [0.3, 0.4) is 0 Å². The third kappa shape index (κ3) is 5.13. The summed E-state index contributed by atoms with van der Waals surface area (Å²) >= 11 is 11.5. The zero-order valence-electron chi connectivity index (χ0n) is 16.1. The predicted octanol–water partition coefficient (Wildman–Crippen LogP) is 4.55. The van der Waals surface area contributed by atoms with E-state index in [2.05, 4.69) is 15.0 Å². The van der Waals surface area contributed by atoms with Gasteiger partial charge in [-0.1, -0.05) is 23.7 Å². The van der Waals surface area contributed by atoms with E-state index in [1.54, 1.807) is 23.9 Å². The summed E-state index contributed by atoms with van der Waals surface area (Å²) in [6, 6.07) is 13.4. The minimum absolute atomic E-state index is 0.462. The van der Waals surface area contributed by atoms with Crippen molar-refractivity contribution in [2.24, 2.45) is 0 Å². The van der Waals surface area contributed by atoms with Crippen molar-refractivity contribution >= 4 is 23.8 Å². The molecule has 3 aromatic rings. The van der Waals surface area contributed by atoms with E-state index in [4.69, 9.17) is 33.3 Å². The quantitative estimate of drug-likeness (QED) is 0.544. The zero-order chi connectivity index (χ0) is 20.1. The minimum atomic E-state index is 0.462. The van der Waals surface area contributed by atoms with Gasteiger partial charge >= 0.3 is 0 Å². The number of rotatable bonds is 8. The zero-order valence-corrected chi connectivity index (χ0v) is 17.7. The van der Waals surface area contributed by atoms with Gasteiger partial charge in [0.15, 0.2) is 5.82 Å². The Morgan fingerprint density at radius 3 is 2.82 bits per heavy atom. The lowest BCUT2D eigenvalue weighted by molar-refractivity contribution is 0.198. The molecular weight excluding hydrogens is 396 g/mol. The van der Waals surface area contributed by atoms with Gasteiger partial charge in [0.2, 0.25) is 4.77 Å². The summed E-state index contributed by atoms with van der Waals surface area (Å²) in [6.45, 7) is 3.93. The first kappa shape index (κ1) is 20.4. The van der Waals surface area contributed by atoms with E-state index in [1.165, 1.54) is 5.56 Å². The molecule has 28 heavy (non-hydrogen) atoms. The highest BCUT2D eigenvalue weighted by Crippen LogP contribution is 2.30. The second-order valence-corrected chi connectivity index (χ2v) is 7.32. The third-order valence-electron chi connectivity index (χ3n) is 4.21. The Balaban J connectivity index is 1.63. The van der Waals surface area contributed by atoms with Crippen LogP contribution in [-0.2, 0) is 6.67 Å². The van der Waals surface area contributed by atoms with Crippen LogP contribution in [0.2, 0.25) is 5.02 Å². The molecule has 0 atom stereocenters. The molecule has 1 aromatic heterocycles. The van der Waals surface area contributed by atoms with Crippen molar-refractivity contribution in [2.45, 2.75) is 13.6 Å². The van der Waals surface area contributed by atoms with Crippen LogP contribution in [-0.4, -0.2) is 47.0 Å². The Morgan fingerprint density at radius 1 is 1.25 bits per heavy atom. The smallest absolute Gasteiger partial charge is 0.217 e.